The van der Waals surface area contributed by atoms with Crippen molar-refractivity contribution < 1.29 is 37.0 Å². The third-order valence-corrected chi connectivity index (χ3v) is 1.87. The molecule has 1 atom stereocenters. The maximum Gasteiger partial charge on any atom is 0.0319 e. The van der Waals surface area contributed by atoms with E-state index < -0.39 is 0 Å². The van der Waals surface area contributed by atoms with Crippen LogP contribution in [0.1, 0.15) is 31.7 Å². The smallest absolute Gasteiger partial charge is 0.0319 e. The Kier molecular flexibility index (Phi) is 37.8. The molecule has 0 saturated carbocycles. The molecule has 1 unspecified atom stereocenters. The van der Waals surface area contributed by atoms with Gasteiger partial charge in [0.25, 0.3) is 0 Å². The third-order valence-electron chi connectivity index (χ3n) is 1.87. The van der Waals surface area contributed by atoms with Gasteiger partial charge >= 0.3 is 0 Å². The molecule has 0 amide bonds. The van der Waals surface area contributed by atoms with Crippen LogP contribution in [0.3, 0.4) is 0 Å². The van der Waals surface area contributed by atoms with Crippen LogP contribution in [0.5, 0.6) is 0 Å². The first kappa shape index (κ1) is 25.0. The average Bonchev–Trinajstić information content (AvgIpc) is 2.89. The zero-order valence-electron chi connectivity index (χ0n) is 10.9. The van der Waals surface area contributed by atoms with Gasteiger partial charge in [-0.1, -0.05) is 26.2 Å². The first-order valence-corrected chi connectivity index (χ1v) is 4.90. The molecular formula is C12H25O3Ti-. The molecule has 1 aromatic rings. The van der Waals surface area contributed by atoms with E-state index in [1.54, 1.807) is 0 Å². The summed E-state index contributed by atoms with van der Waals surface area (Å²) in [7, 11) is 3.00. The number of aliphatic hydroxyl groups excluding tert-OH is 3. The minimum Gasteiger partial charge on any atom is -0.400 e. The molecule has 0 radical (unpaired) electrons. The molecule has 0 bridgehead atoms. The van der Waals surface area contributed by atoms with E-state index in [4.69, 9.17) is 15.3 Å². The number of rotatable bonds is 2. The Labute approximate surface area is 114 Å². The van der Waals surface area contributed by atoms with Gasteiger partial charge < -0.3 is 15.3 Å². The summed E-state index contributed by atoms with van der Waals surface area (Å²) < 4.78 is 0. The molecule has 0 aliphatic heterocycles. The van der Waals surface area contributed by atoms with Gasteiger partial charge in [-0.2, -0.15) is 17.7 Å². The van der Waals surface area contributed by atoms with Crippen LogP contribution in [0, 0.1) is 0 Å². The Morgan fingerprint density at radius 2 is 1.25 bits per heavy atom. The van der Waals surface area contributed by atoms with Crippen LogP contribution in [0.4, 0.5) is 0 Å². The fourth-order valence-corrected chi connectivity index (χ4v) is 0.953. The molecule has 0 aliphatic rings. The summed E-state index contributed by atoms with van der Waals surface area (Å²) in [4.78, 5) is 0. The summed E-state index contributed by atoms with van der Waals surface area (Å²) in [5, 5.41) is 21.0. The molecule has 16 heavy (non-hydrogen) atoms. The second-order valence-electron chi connectivity index (χ2n) is 2.53. The summed E-state index contributed by atoms with van der Waals surface area (Å²) in [6.07, 6.45) is 1.24. The quantitative estimate of drug-likeness (QED) is 0.564. The Hall–Kier alpha value is -0.0557. The SMILES string of the molecule is CCC(C)[c-]1cccc1.CO.CO.CO.[Ti]. The largest absolute Gasteiger partial charge is 0.400 e. The van der Waals surface area contributed by atoms with Crippen LogP contribution >= 0.6 is 0 Å². The molecular weight excluding hydrogens is 240 g/mol. The molecule has 4 heteroatoms. The molecule has 3 nitrogen and oxygen atoms in total. The van der Waals surface area contributed by atoms with Gasteiger partial charge in [0, 0.05) is 43.0 Å². The van der Waals surface area contributed by atoms with Gasteiger partial charge in [0.1, 0.15) is 0 Å². The van der Waals surface area contributed by atoms with E-state index in [9.17, 15) is 0 Å². The third kappa shape index (κ3) is 13.9. The summed E-state index contributed by atoms with van der Waals surface area (Å²) in [6, 6.07) is 8.57. The molecule has 96 valence electrons. The van der Waals surface area contributed by atoms with Crippen LogP contribution in [0.25, 0.3) is 0 Å². The second kappa shape index (κ2) is 24.3. The van der Waals surface area contributed by atoms with E-state index in [1.165, 1.54) is 12.0 Å². The van der Waals surface area contributed by atoms with Crippen molar-refractivity contribution in [3.8, 4) is 0 Å². The van der Waals surface area contributed by atoms with Gasteiger partial charge in [-0.25, -0.2) is 12.1 Å². The van der Waals surface area contributed by atoms with Gasteiger partial charge in [-0.05, 0) is 0 Å². The first-order valence-electron chi connectivity index (χ1n) is 4.90. The molecule has 0 spiro atoms. The van der Waals surface area contributed by atoms with E-state index in [-0.39, 0.29) is 21.7 Å². The van der Waals surface area contributed by atoms with Crippen molar-refractivity contribution in [2.24, 2.45) is 0 Å². The molecule has 3 N–H and O–H groups in total. The number of aliphatic hydroxyl groups is 3. The molecule has 0 aromatic heterocycles. The molecule has 1 rings (SSSR count). The van der Waals surface area contributed by atoms with Crippen molar-refractivity contribution in [3.05, 3.63) is 29.8 Å². The summed E-state index contributed by atoms with van der Waals surface area (Å²) in [5.41, 5.74) is 1.47. The van der Waals surface area contributed by atoms with Crippen LogP contribution in [0.2, 0.25) is 0 Å². The van der Waals surface area contributed by atoms with E-state index >= 15 is 0 Å². The zero-order valence-corrected chi connectivity index (χ0v) is 12.5. The second-order valence-corrected chi connectivity index (χ2v) is 2.53. The topological polar surface area (TPSA) is 60.7 Å². The van der Waals surface area contributed by atoms with Gasteiger partial charge in [-0.15, -0.1) is 0 Å². The molecule has 0 saturated heterocycles. The van der Waals surface area contributed by atoms with Crippen molar-refractivity contribution in [2.45, 2.75) is 26.2 Å². The Morgan fingerprint density at radius 1 is 0.938 bits per heavy atom. The summed E-state index contributed by atoms with van der Waals surface area (Å²) in [6.45, 7) is 4.48. The van der Waals surface area contributed by atoms with Crippen molar-refractivity contribution >= 4 is 0 Å². The van der Waals surface area contributed by atoms with Gasteiger partial charge in [0.05, 0.1) is 0 Å². The van der Waals surface area contributed by atoms with Crippen LogP contribution in [0.15, 0.2) is 24.3 Å². The van der Waals surface area contributed by atoms with E-state index in [0.717, 1.165) is 27.2 Å². The minimum absolute atomic E-state index is 0. The maximum absolute atomic E-state index is 7.00. The van der Waals surface area contributed by atoms with Crippen molar-refractivity contribution in [3.63, 3.8) is 0 Å². The standard InChI is InChI=1S/C9H13.3CH4O.Ti/c1-3-8(2)9-6-4-5-7-9;3*1-2;/h4-8H,3H2,1-2H3;3*2H,1H3;/q-1;;;;. The van der Waals surface area contributed by atoms with Gasteiger partial charge in [0.2, 0.25) is 0 Å². The molecule has 0 fully saturated rings. The Balaban J connectivity index is -0.0000000900. The summed E-state index contributed by atoms with van der Waals surface area (Å²) >= 11 is 0. The van der Waals surface area contributed by atoms with Crippen LogP contribution in [-0.2, 0) is 21.7 Å². The van der Waals surface area contributed by atoms with E-state index in [0.29, 0.717) is 0 Å². The van der Waals surface area contributed by atoms with E-state index in [2.05, 4.69) is 38.1 Å². The van der Waals surface area contributed by atoms with Crippen molar-refractivity contribution in [1.82, 2.24) is 0 Å². The molecule has 0 aliphatic carbocycles. The monoisotopic (exact) mass is 265 g/mol. The molecule has 0 heterocycles. The minimum atomic E-state index is 0. The first-order chi connectivity index (χ1) is 7.34. The number of hydrogen-bond donors (Lipinski definition) is 3. The Morgan fingerprint density at radius 3 is 1.50 bits per heavy atom. The van der Waals surface area contributed by atoms with Crippen molar-refractivity contribution in [2.75, 3.05) is 21.3 Å². The summed E-state index contributed by atoms with van der Waals surface area (Å²) in [5.74, 6) is 0.736. The van der Waals surface area contributed by atoms with E-state index in [1.807, 2.05) is 0 Å². The van der Waals surface area contributed by atoms with Crippen LogP contribution in [-0.4, -0.2) is 36.6 Å². The normalized spacial score (nSPS) is 8.75. The number of hydrogen-bond acceptors (Lipinski definition) is 3. The van der Waals surface area contributed by atoms with Gasteiger partial charge in [-0.3, -0.25) is 0 Å². The fourth-order valence-electron chi connectivity index (χ4n) is 0.953. The maximum atomic E-state index is 7.00. The van der Waals surface area contributed by atoms with Crippen LogP contribution < -0.4 is 0 Å². The van der Waals surface area contributed by atoms with Gasteiger partial charge in [0.15, 0.2) is 0 Å². The predicted octanol–water partition coefficient (Wildman–Crippen LogP) is 1.74. The Bertz CT molecular complexity index is 165. The fraction of sp³-hybridized carbons (Fsp3) is 0.583. The zero-order chi connectivity index (χ0) is 12.7. The average molecular weight is 265 g/mol. The molecule has 1 aromatic carbocycles. The predicted molar refractivity (Wildman–Crippen MR) is 65.2 cm³/mol. The van der Waals surface area contributed by atoms with Crippen molar-refractivity contribution in [1.29, 1.82) is 0 Å².